The van der Waals surface area contributed by atoms with Gasteiger partial charge < -0.3 is 19.5 Å². The van der Waals surface area contributed by atoms with Gasteiger partial charge in [0.1, 0.15) is 17.2 Å². The van der Waals surface area contributed by atoms with E-state index in [-0.39, 0.29) is 0 Å². The van der Waals surface area contributed by atoms with Gasteiger partial charge in [0.15, 0.2) is 0 Å². The first-order valence-corrected chi connectivity index (χ1v) is 7.81. The van der Waals surface area contributed by atoms with Crippen LogP contribution in [-0.4, -0.2) is 26.4 Å². The Hall–Kier alpha value is -2.90. The van der Waals surface area contributed by atoms with Gasteiger partial charge in [-0.3, -0.25) is 0 Å². The summed E-state index contributed by atoms with van der Waals surface area (Å²) in [6.07, 6.45) is -4.41. The molecule has 0 radical (unpaired) electrons. The van der Waals surface area contributed by atoms with Crippen LogP contribution in [0.3, 0.4) is 0 Å². The lowest BCUT2D eigenvalue weighted by atomic mass is 10.2. The van der Waals surface area contributed by atoms with Crippen LogP contribution in [0.25, 0.3) is 0 Å². The highest BCUT2D eigenvalue weighted by molar-refractivity contribution is 5.70. The fraction of sp³-hybridized carbons (Fsp3) is 0.278. The van der Waals surface area contributed by atoms with E-state index in [0.717, 1.165) is 12.1 Å². The minimum atomic E-state index is -4.36. The highest BCUT2D eigenvalue weighted by atomic mass is 19.4. The molecule has 1 amide bonds. The molecule has 0 saturated heterocycles. The van der Waals surface area contributed by atoms with Crippen molar-refractivity contribution in [3.8, 4) is 17.2 Å². The topological polar surface area (TPSA) is 56.8 Å². The Bertz CT molecular complexity index is 717. The molecule has 0 aliphatic heterocycles. The first-order chi connectivity index (χ1) is 12.4. The third-order valence-corrected chi connectivity index (χ3v) is 3.23. The zero-order valence-corrected chi connectivity index (χ0v) is 14.0. The maximum atomic E-state index is 12.5. The number of amides is 1. The van der Waals surface area contributed by atoms with Crippen molar-refractivity contribution < 1.29 is 32.2 Å². The van der Waals surface area contributed by atoms with E-state index < -0.39 is 17.8 Å². The third-order valence-electron chi connectivity index (χ3n) is 3.23. The van der Waals surface area contributed by atoms with E-state index in [1.165, 1.54) is 19.2 Å². The molecule has 2 aromatic carbocycles. The molecule has 0 aliphatic rings. The maximum absolute atomic E-state index is 12.5. The second kappa shape index (κ2) is 8.98. The maximum Gasteiger partial charge on any atom is 0.416 e. The fourth-order valence-corrected chi connectivity index (χ4v) is 1.96. The SMILES string of the molecule is CNC(=O)Oc1cccc(OCCCOc2ccc(C(F)(F)F)cc2)c1. The highest BCUT2D eigenvalue weighted by Crippen LogP contribution is 2.30. The number of halogens is 3. The Morgan fingerprint density at radius 3 is 2.19 bits per heavy atom. The van der Waals surface area contributed by atoms with Gasteiger partial charge in [0.05, 0.1) is 18.8 Å². The van der Waals surface area contributed by atoms with Gasteiger partial charge in [0.25, 0.3) is 0 Å². The quantitative estimate of drug-likeness (QED) is 0.741. The number of hydrogen-bond acceptors (Lipinski definition) is 4. The average molecular weight is 369 g/mol. The second-order valence-corrected chi connectivity index (χ2v) is 5.19. The van der Waals surface area contributed by atoms with Crippen LogP contribution in [-0.2, 0) is 6.18 Å². The predicted molar refractivity (Wildman–Crippen MR) is 88.6 cm³/mol. The van der Waals surface area contributed by atoms with E-state index in [1.54, 1.807) is 24.3 Å². The van der Waals surface area contributed by atoms with Crippen molar-refractivity contribution in [3.05, 3.63) is 54.1 Å². The lowest BCUT2D eigenvalue weighted by Crippen LogP contribution is -2.21. The largest absolute Gasteiger partial charge is 0.493 e. The van der Waals surface area contributed by atoms with Gasteiger partial charge in [-0.25, -0.2) is 4.79 Å². The minimum Gasteiger partial charge on any atom is -0.493 e. The summed E-state index contributed by atoms with van der Waals surface area (Å²) >= 11 is 0. The summed E-state index contributed by atoms with van der Waals surface area (Å²) in [5.74, 6) is 1.24. The molecule has 0 unspecified atom stereocenters. The third kappa shape index (κ3) is 6.19. The number of ether oxygens (including phenoxy) is 3. The summed E-state index contributed by atoms with van der Waals surface area (Å²) < 4.78 is 53.3. The second-order valence-electron chi connectivity index (χ2n) is 5.19. The van der Waals surface area contributed by atoms with Gasteiger partial charge in [0.2, 0.25) is 0 Å². The zero-order valence-electron chi connectivity index (χ0n) is 14.0. The van der Waals surface area contributed by atoms with Crippen molar-refractivity contribution in [2.45, 2.75) is 12.6 Å². The summed E-state index contributed by atoms with van der Waals surface area (Å²) in [6.45, 7) is 0.629. The van der Waals surface area contributed by atoms with Gasteiger partial charge in [0, 0.05) is 19.5 Å². The standard InChI is InChI=1S/C18H18F3NO4/c1-22-17(23)26-16-5-2-4-15(12-16)25-11-3-10-24-14-8-6-13(7-9-14)18(19,20)21/h2,4-9,12H,3,10-11H2,1H3,(H,22,23). The van der Waals surface area contributed by atoms with Crippen LogP contribution < -0.4 is 19.5 Å². The summed E-state index contributed by atoms with van der Waals surface area (Å²) in [6, 6.07) is 11.1. The Morgan fingerprint density at radius 1 is 0.962 bits per heavy atom. The molecular weight excluding hydrogens is 351 g/mol. The van der Waals surface area contributed by atoms with Gasteiger partial charge in [-0.05, 0) is 36.4 Å². The molecule has 0 saturated carbocycles. The van der Waals surface area contributed by atoms with Gasteiger partial charge in [-0.2, -0.15) is 13.2 Å². The van der Waals surface area contributed by atoms with Crippen molar-refractivity contribution in [2.75, 3.05) is 20.3 Å². The van der Waals surface area contributed by atoms with Crippen molar-refractivity contribution in [1.82, 2.24) is 5.32 Å². The summed E-state index contributed by atoms with van der Waals surface area (Å²) in [5, 5.41) is 2.34. The Balaban J connectivity index is 1.72. The van der Waals surface area contributed by atoms with E-state index in [0.29, 0.717) is 36.9 Å². The molecule has 1 N–H and O–H groups in total. The molecule has 2 rings (SSSR count). The van der Waals surface area contributed by atoms with Crippen LogP contribution in [0.15, 0.2) is 48.5 Å². The van der Waals surface area contributed by atoms with Crippen molar-refractivity contribution >= 4 is 6.09 Å². The molecule has 26 heavy (non-hydrogen) atoms. The monoisotopic (exact) mass is 369 g/mol. The number of carbonyl (C=O) groups excluding carboxylic acids is 1. The van der Waals surface area contributed by atoms with E-state index in [2.05, 4.69) is 5.32 Å². The Kier molecular flexibility index (Phi) is 6.71. The number of nitrogens with one attached hydrogen (secondary N) is 1. The first kappa shape index (κ1) is 19.4. The normalized spacial score (nSPS) is 10.9. The van der Waals surface area contributed by atoms with Gasteiger partial charge >= 0.3 is 12.3 Å². The van der Waals surface area contributed by atoms with E-state index in [1.807, 2.05) is 0 Å². The molecule has 0 atom stereocenters. The van der Waals surface area contributed by atoms with Gasteiger partial charge in [-0.1, -0.05) is 6.07 Å². The molecule has 0 aliphatic carbocycles. The molecule has 0 aromatic heterocycles. The Labute approximate surface area is 148 Å². The Morgan fingerprint density at radius 2 is 1.58 bits per heavy atom. The number of rotatable bonds is 7. The van der Waals surface area contributed by atoms with Crippen LogP contribution in [0.2, 0.25) is 0 Å². The molecule has 0 fully saturated rings. The fourth-order valence-electron chi connectivity index (χ4n) is 1.96. The van der Waals surface area contributed by atoms with Crippen LogP contribution in [0.5, 0.6) is 17.2 Å². The van der Waals surface area contributed by atoms with Crippen molar-refractivity contribution in [3.63, 3.8) is 0 Å². The van der Waals surface area contributed by atoms with Crippen LogP contribution >= 0.6 is 0 Å². The molecule has 2 aromatic rings. The number of carbonyl (C=O) groups is 1. The smallest absolute Gasteiger partial charge is 0.416 e. The van der Waals surface area contributed by atoms with E-state index in [9.17, 15) is 18.0 Å². The van der Waals surface area contributed by atoms with Crippen LogP contribution in [0.1, 0.15) is 12.0 Å². The van der Waals surface area contributed by atoms with Crippen molar-refractivity contribution in [1.29, 1.82) is 0 Å². The van der Waals surface area contributed by atoms with Gasteiger partial charge in [-0.15, -0.1) is 0 Å². The van der Waals surface area contributed by atoms with Crippen molar-refractivity contribution in [2.24, 2.45) is 0 Å². The molecule has 140 valence electrons. The molecule has 0 bridgehead atoms. The first-order valence-electron chi connectivity index (χ1n) is 7.81. The molecular formula is C18H18F3NO4. The zero-order chi connectivity index (χ0) is 19.0. The van der Waals surface area contributed by atoms with Crippen LogP contribution in [0.4, 0.5) is 18.0 Å². The molecule has 0 spiro atoms. The summed E-state index contributed by atoms with van der Waals surface area (Å²) in [7, 11) is 1.46. The molecule has 5 nitrogen and oxygen atoms in total. The number of alkyl halides is 3. The molecule has 8 heteroatoms. The van der Waals surface area contributed by atoms with E-state index >= 15 is 0 Å². The summed E-state index contributed by atoms with van der Waals surface area (Å²) in [4.78, 5) is 11.1. The lowest BCUT2D eigenvalue weighted by molar-refractivity contribution is -0.137. The number of hydrogen-bond donors (Lipinski definition) is 1. The number of benzene rings is 2. The van der Waals surface area contributed by atoms with E-state index in [4.69, 9.17) is 14.2 Å². The predicted octanol–water partition coefficient (Wildman–Crippen LogP) is 4.27. The lowest BCUT2D eigenvalue weighted by Gasteiger charge is -2.10. The highest BCUT2D eigenvalue weighted by Gasteiger charge is 2.29. The molecule has 0 heterocycles. The average Bonchev–Trinajstić information content (AvgIpc) is 2.61. The minimum absolute atomic E-state index is 0.291. The van der Waals surface area contributed by atoms with Crippen LogP contribution in [0, 0.1) is 0 Å². The summed E-state index contributed by atoms with van der Waals surface area (Å²) in [5.41, 5.74) is -0.716.